The summed E-state index contributed by atoms with van der Waals surface area (Å²) in [5, 5.41) is 5.46. The number of nitrogens with two attached hydrogens (primary N) is 1. The number of hydrogen-bond donors (Lipinski definition) is 2. The standard InChI is InChI=1S/C8H5F4N3/c9-3-1-4-6(14-15-7(4)13)5(2-3)8(10,11)12/h1-2H,(H3,13,14,15). The van der Waals surface area contributed by atoms with E-state index in [-0.39, 0.29) is 16.7 Å². The third kappa shape index (κ3) is 1.49. The highest BCUT2D eigenvalue weighted by atomic mass is 19.4. The van der Waals surface area contributed by atoms with Crippen molar-refractivity contribution in [3.63, 3.8) is 0 Å². The molecule has 0 bridgehead atoms. The molecular weight excluding hydrogens is 214 g/mol. The molecule has 0 spiro atoms. The van der Waals surface area contributed by atoms with Crippen molar-refractivity contribution in [1.29, 1.82) is 0 Å². The van der Waals surface area contributed by atoms with Crippen LogP contribution in [-0.4, -0.2) is 10.2 Å². The fraction of sp³-hybridized carbons (Fsp3) is 0.125. The molecule has 0 radical (unpaired) electrons. The number of halogens is 4. The van der Waals surface area contributed by atoms with Gasteiger partial charge in [0.25, 0.3) is 0 Å². The summed E-state index contributed by atoms with van der Waals surface area (Å²) in [6.07, 6.45) is -4.64. The number of nitrogens with zero attached hydrogens (tertiary/aromatic N) is 1. The molecule has 15 heavy (non-hydrogen) atoms. The van der Waals surface area contributed by atoms with Gasteiger partial charge in [-0.15, -0.1) is 0 Å². The number of nitrogen functional groups attached to an aromatic ring is 1. The molecule has 0 atom stereocenters. The third-order valence-corrected chi connectivity index (χ3v) is 1.97. The molecule has 0 saturated heterocycles. The topological polar surface area (TPSA) is 54.7 Å². The molecule has 7 heteroatoms. The van der Waals surface area contributed by atoms with Crippen LogP contribution in [0.4, 0.5) is 23.4 Å². The first-order chi connectivity index (χ1) is 6.89. The zero-order valence-electron chi connectivity index (χ0n) is 7.19. The Morgan fingerprint density at radius 3 is 2.53 bits per heavy atom. The molecule has 1 heterocycles. The number of fused-ring (bicyclic) bond motifs is 1. The van der Waals surface area contributed by atoms with E-state index in [9.17, 15) is 17.6 Å². The van der Waals surface area contributed by atoms with Crippen LogP contribution < -0.4 is 5.73 Å². The second-order valence-corrected chi connectivity index (χ2v) is 2.98. The molecule has 0 aliphatic rings. The largest absolute Gasteiger partial charge is 0.418 e. The summed E-state index contributed by atoms with van der Waals surface area (Å²) in [4.78, 5) is 0. The monoisotopic (exact) mass is 219 g/mol. The molecule has 3 N–H and O–H groups in total. The summed E-state index contributed by atoms with van der Waals surface area (Å²) in [6.45, 7) is 0. The van der Waals surface area contributed by atoms with Crippen LogP contribution in [0.3, 0.4) is 0 Å². The van der Waals surface area contributed by atoms with E-state index in [1.54, 1.807) is 0 Å². The second kappa shape index (κ2) is 2.85. The molecule has 0 aliphatic carbocycles. The number of alkyl halides is 3. The average molecular weight is 219 g/mol. The summed E-state index contributed by atoms with van der Waals surface area (Å²) in [6, 6.07) is 1.31. The number of aromatic nitrogens is 2. The van der Waals surface area contributed by atoms with E-state index in [0.717, 1.165) is 6.07 Å². The SMILES string of the molecule is Nc1n[nH]c2c(C(F)(F)F)cc(F)cc12. The Morgan fingerprint density at radius 1 is 1.27 bits per heavy atom. The first-order valence-electron chi connectivity index (χ1n) is 3.90. The maximum absolute atomic E-state index is 12.9. The Kier molecular flexibility index (Phi) is 1.85. The molecule has 1 aromatic carbocycles. The van der Waals surface area contributed by atoms with E-state index in [1.807, 2.05) is 0 Å². The van der Waals surface area contributed by atoms with Gasteiger partial charge in [0.05, 0.1) is 11.1 Å². The lowest BCUT2D eigenvalue weighted by Crippen LogP contribution is -2.06. The van der Waals surface area contributed by atoms with Crippen molar-refractivity contribution in [3.8, 4) is 0 Å². The normalized spacial score (nSPS) is 12.3. The smallest absolute Gasteiger partial charge is 0.382 e. The fourth-order valence-electron chi connectivity index (χ4n) is 1.33. The van der Waals surface area contributed by atoms with Gasteiger partial charge < -0.3 is 5.73 Å². The van der Waals surface area contributed by atoms with E-state index >= 15 is 0 Å². The number of rotatable bonds is 0. The van der Waals surface area contributed by atoms with Crippen molar-refractivity contribution in [2.24, 2.45) is 0 Å². The van der Waals surface area contributed by atoms with Crippen molar-refractivity contribution in [1.82, 2.24) is 10.2 Å². The van der Waals surface area contributed by atoms with Gasteiger partial charge in [-0.25, -0.2) is 4.39 Å². The van der Waals surface area contributed by atoms with Gasteiger partial charge in [0.15, 0.2) is 5.82 Å². The van der Waals surface area contributed by atoms with Gasteiger partial charge in [-0.05, 0) is 12.1 Å². The van der Waals surface area contributed by atoms with E-state index < -0.39 is 17.6 Å². The van der Waals surface area contributed by atoms with E-state index in [1.165, 1.54) is 0 Å². The van der Waals surface area contributed by atoms with Crippen LogP contribution in [0.5, 0.6) is 0 Å². The summed E-state index contributed by atoms with van der Waals surface area (Å²) in [5.41, 5.74) is 3.87. The molecule has 0 saturated carbocycles. The van der Waals surface area contributed by atoms with Crippen LogP contribution in [0.2, 0.25) is 0 Å². The van der Waals surface area contributed by atoms with Crippen LogP contribution in [-0.2, 0) is 6.18 Å². The summed E-state index contributed by atoms with van der Waals surface area (Å²) < 4.78 is 50.2. The minimum atomic E-state index is -4.64. The van der Waals surface area contributed by atoms with Gasteiger partial charge in [0, 0.05) is 5.39 Å². The van der Waals surface area contributed by atoms with Crippen LogP contribution in [0.15, 0.2) is 12.1 Å². The van der Waals surface area contributed by atoms with Gasteiger partial charge >= 0.3 is 6.18 Å². The van der Waals surface area contributed by atoms with Crippen molar-refractivity contribution in [2.45, 2.75) is 6.18 Å². The van der Waals surface area contributed by atoms with Crippen molar-refractivity contribution in [2.75, 3.05) is 5.73 Å². The zero-order valence-corrected chi connectivity index (χ0v) is 7.19. The first kappa shape index (κ1) is 9.75. The zero-order chi connectivity index (χ0) is 11.2. The van der Waals surface area contributed by atoms with Crippen molar-refractivity contribution < 1.29 is 17.6 Å². The molecule has 2 aromatic rings. The van der Waals surface area contributed by atoms with Crippen LogP contribution >= 0.6 is 0 Å². The lowest BCUT2D eigenvalue weighted by Gasteiger charge is -2.07. The highest BCUT2D eigenvalue weighted by Gasteiger charge is 2.34. The van der Waals surface area contributed by atoms with Gasteiger partial charge in [0.1, 0.15) is 5.82 Å². The molecule has 2 rings (SSSR count). The van der Waals surface area contributed by atoms with Crippen LogP contribution in [0.1, 0.15) is 5.56 Å². The van der Waals surface area contributed by atoms with Crippen molar-refractivity contribution >= 4 is 16.7 Å². The van der Waals surface area contributed by atoms with Gasteiger partial charge in [0.2, 0.25) is 0 Å². The maximum atomic E-state index is 12.9. The number of anilines is 1. The lowest BCUT2D eigenvalue weighted by atomic mass is 10.1. The molecule has 0 unspecified atom stereocenters. The number of benzene rings is 1. The predicted octanol–water partition coefficient (Wildman–Crippen LogP) is 2.30. The van der Waals surface area contributed by atoms with Crippen LogP contribution in [0.25, 0.3) is 10.9 Å². The van der Waals surface area contributed by atoms with Gasteiger partial charge in [-0.3, -0.25) is 5.10 Å². The maximum Gasteiger partial charge on any atom is 0.418 e. The predicted molar refractivity (Wildman–Crippen MR) is 45.5 cm³/mol. The number of H-pyrrole nitrogens is 1. The molecule has 0 aliphatic heterocycles. The Morgan fingerprint density at radius 2 is 1.93 bits per heavy atom. The Bertz CT molecular complexity index is 514. The average Bonchev–Trinajstić information content (AvgIpc) is 2.45. The van der Waals surface area contributed by atoms with Gasteiger partial charge in [-0.1, -0.05) is 0 Å². The highest BCUT2D eigenvalue weighted by molar-refractivity contribution is 5.91. The molecule has 0 amide bonds. The Balaban J connectivity index is 2.84. The number of aromatic amines is 1. The Hall–Kier alpha value is -1.79. The van der Waals surface area contributed by atoms with E-state index in [0.29, 0.717) is 6.07 Å². The summed E-state index contributed by atoms with van der Waals surface area (Å²) in [5.74, 6) is -1.15. The number of hydrogen-bond acceptors (Lipinski definition) is 2. The molecule has 80 valence electrons. The van der Waals surface area contributed by atoms with Crippen LogP contribution in [0, 0.1) is 5.82 Å². The summed E-state index contributed by atoms with van der Waals surface area (Å²) >= 11 is 0. The quantitative estimate of drug-likeness (QED) is 0.668. The molecule has 3 nitrogen and oxygen atoms in total. The highest BCUT2D eigenvalue weighted by Crippen LogP contribution is 2.35. The number of nitrogens with one attached hydrogen (secondary N) is 1. The molecule has 1 aromatic heterocycles. The van der Waals surface area contributed by atoms with Gasteiger partial charge in [-0.2, -0.15) is 18.3 Å². The Labute approximate surface area is 80.9 Å². The van der Waals surface area contributed by atoms with E-state index in [4.69, 9.17) is 5.73 Å². The van der Waals surface area contributed by atoms with E-state index in [2.05, 4.69) is 10.2 Å². The van der Waals surface area contributed by atoms with Crippen molar-refractivity contribution in [3.05, 3.63) is 23.5 Å². The minimum Gasteiger partial charge on any atom is -0.382 e. The third-order valence-electron chi connectivity index (χ3n) is 1.97. The lowest BCUT2D eigenvalue weighted by molar-refractivity contribution is -0.136. The fourth-order valence-corrected chi connectivity index (χ4v) is 1.33. The second-order valence-electron chi connectivity index (χ2n) is 2.98. The summed E-state index contributed by atoms with van der Waals surface area (Å²) in [7, 11) is 0. The first-order valence-corrected chi connectivity index (χ1v) is 3.90. The minimum absolute atomic E-state index is 0.0673. The molecule has 0 fully saturated rings. The molecular formula is C8H5F4N3.